The van der Waals surface area contributed by atoms with E-state index < -0.39 is 5.91 Å². The van der Waals surface area contributed by atoms with Crippen LogP contribution in [-0.4, -0.2) is 38.3 Å². The Morgan fingerprint density at radius 3 is 2.38 bits per heavy atom. The molecule has 0 heterocycles. The summed E-state index contributed by atoms with van der Waals surface area (Å²) in [5, 5.41) is 6.25. The van der Waals surface area contributed by atoms with Crippen LogP contribution >= 0.6 is 0 Å². The Hall–Kier alpha value is -2.57. The number of ether oxygens (including phenoxy) is 2. The first-order valence-corrected chi connectivity index (χ1v) is 6.28. The number of methoxy groups -OCH3 is 2. The fraction of sp³-hybridized carbons (Fsp3) is 0.357. The number of carbonyl (C=O) groups excluding carboxylic acids is 2. The summed E-state index contributed by atoms with van der Waals surface area (Å²) < 4.78 is 10.2. The summed E-state index contributed by atoms with van der Waals surface area (Å²) in [6.45, 7) is 3.34. The smallest absolute Gasteiger partial charge is 0.259 e. The van der Waals surface area contributed by atoms with Crippen LogP contribution in [-0.2, 0) is 4.79 Å². The summed E-state index contributed by atoms with van der Waals surface area (Å²) in [7, 11) is 3.00. The third-order valence-corrected chi connectivity index (χ3v) is 2.46. The second kappa shape index (κ2) is 7.88. The molecule has 0 saturated heterocycles. The van der Waals surface area contributed by atoms with Gasteiger partial charge in [0.05, 0.1) is 20.8 Å². The fourth-order valence-electron chi connectivity index (χ4n) is 1.45. The summed E-state index contributed by atoms with van der Waals surface area (Å²) in [6, 6.07) is 4.75. The largest absolute Gasteiger partial charge is 0.493 e. The predicted molar refractivity (Wildman–Crippen MR) is 78.8 cm³/mol. The number of benzene rings is 1. The Labute approximate surface area is 123 Å². The van der Waals surface area contributed by atoms with Crippen molar-refractivity contribution in [3.63, 3.8) is 0 Å². The molecule has 0 aromatic heterocycles. The van der Waals surface area contributed by atoms with Gasteiger partial charge in [-0.3, -0.25) is 9.59 Å². The van der Waals surface area contributed by atoms with Crippen molar-refractivity contribution in [1.82, 2.24) is 10.7 Å². The number of hydrazone groups is 1. The highest BCUT2D eigenvalue weighted by molar-refractivity contribution is 5.97. The molecule has 0 atom stereocenters. The summed E-state index contributed by atoms with van der Waals surface area (Å²) >= 11 is 0. The number of nitrogens with one attached hydrogen (secondary N) is 2. The zero-order valence-corrected chi connectivity index (χ0v) is 12.5. The number of rotatable bonds is 6. The van der Waals surface area contributed by atoms with Gasteiger partial charge in [-0.1, -0.05) is 0 Å². The lowest BCUT2D eigenvalue weighted by Gasteiger charge is -2.09. The first-order chi connectivity index (χ1) is 9.97. The highest BCUT2D eigenvalue weighted by Crippen LogP contribution is 2.27. The van der Waals surface area contributed by atoms with E-state index in [1.54, 1.807) is 32.0 Å². The van der Waals surface area contributed by atoms with Crippen LogP contribution in [0, 0.1) is 0 Å². The van der Waals surface area contributed by atoms with Crippen molar-refractivity contribution in [2.75, 3.05) is 20.8 Å². The van der Waals surface area contributed by atoms with Gasteiger partial charge in [-0.05, 0) is 32.0 Å². The van der Waals surface area contributed by atoms with Crippen molar-refractivity contribution >= 4 is 17.5 Å². The van der Waals surface area contributed by atoms with Gasteiger partial charge in [0.15, 0.2) is 11.5 Å². The van der Waals surface area contributed by atoms with Crippen LogP contribution < -0.4 is 20.2 Å². The number of carbonyl (C=O) groups is 2. The van der Waals surface area contributed by atoms with Crippen molar-refractivity contribution in [2.45, 2.75) is 13.8 Å². The molecule has 7 nitrogen and oxygen atoms in total. The van der Waals surface area contributed by atoms with E-state index in [4.69, 9.17) is 9.47 Å². The lowest BCUT2D eigenvalue weighted by molar-refractivity contribution is -0.120. The first kappa shape index (κ1) is 16.5. The topological polar surface area (TPSA) is 89.0 Å². The Kier molecular flexibility index (Phi) is 6.19. The van der Waals surface area contributed by atoms with Crippen LogP contribution in [0.15, 0.2) is 23.3 Å². The second-order valence-electron chi connectivity index (χ2n) is 4.35. The van der Waals surface area contributed by atoms with E-state index in [2.05, 4.69) is 15.8 Å². The molecule has 114 valence electrons. The maximum atomic E-state index is 11.9. The van der Waals surface area contributed by atoms with E-state index in [9.17, 15) is 9.59 Å². The van der Waals surface area contributed by atoms with Gasteiger partial charge >= 0.3 is 0 Å². The fourth-order valence-corrected chi connectivity index (χ4v) is 1.45. The van der Waals surface area contributed by atoms with Crippen LogP contribution in [0.1, 0.15) is 24.2 Å². The van der Waals surface area contributed by atoms with Crippen LogP contribution in [0.25, 0.3) is 0 Å². The van der Waals surface area contributed by atoms with Crippen molar-refractivity contribution in [3.05, 3.63) is 23.8 Å². The average Bonchev–Trinajstić information content (AvgIpc) is 2.49. The van der Waals surface area contributed by atoms with Gasteiger partial charge in [-0.2, -0.15) is 5.10 Å². The van der Waals surface area contributed by atoms with Gasteiger partial charge in [0, 0.05) is 11.3 Å². The minimum atomic E-state index is -0.398. The lowest BCUT2D eigenvalue weighted by Crippen LogP contribution is -2.35. The van der Waals surface area contributed by atoms with Crippen molar-refractivity contribution in [3.8, 4) is 11.5 Å². The molecular formula is C14H19N3O4. The maximum absolute atomic E-state index is 11.9. The number of nitrogens with zero attached hydrogens (tertiary/aromatic N) is 1. The molecule has 0 aliphatic carbocycles. The normalized spacial score (nSPS) is 9.52. The molecule has 1 aromatic rings. The van der Waals surface area contributed by atoms with E-state index in [1.807, 2.05) is 0 Å². The van der Waals surface area contributed by atoms with Crippen LogP contribution in [0.2, 0.25) is 0 Å². The monoisotopic (exact) mass is 293 g/mol. The van der Waals surface area contributed by atoms with Crippen molar-refractivity contribution in [2.24, 2.45) is 5.10 Å². The average molecular weight is 293 g/mol. The molecule has 2 amide bonds. The van der Waals surface area contributed by atoms with Crippen molar-refractivity contribution < 1.29 is 19.1 Å². The van der Waals surface area contributed by atoms with Crippen LogP contribution in [0.3, 0.4) is 0 Å². The Morgan fingerprint density at radius 2 is 1.81 bits per heavy atom. The quantitative estimate of drug-likeness (QED) is 0.603. The standard InChI is InChI=1S/C14H19N3O4/c1-9(2)16-17-13(18)8-15-14(19)10-5-6-11(20-3)12(7-10)21-4/h5-7H,8H2,1-4H3,(H,15,19)(H,17,18). The minimum absolute atomic E-state index is 0.163. The van der Waals surface area contributed by atoms with E-state index in [1.165, 1.54) is 14.2 Å². The first-order valence-electron chi connectivity index (χ1n) is 6.28. The zero-order chi connectivity index (χ0) is 15.8. The van der Waals surface area contributed by atoms with E-state index in [0.29, 0.717) is 17.1 Å². The molecule has 0 fully saturated rings. The molecule has 0 bridgehead atoms. The molecule has 7 heteroatoms. The van der Waals surface area contributed by atoms with Gasteiger partial charge in [-0.15, -0.1) is 0 Å². The highest BCUT2D eigenvalue weighted by Gasteiger charge is 2.11. The highest BCUT2D eigenvalue weighted by atomic mass is 16.5. The molecule has 0 aliphatic heterocycles. The molecule has 0 unspecified atom stereocenters. The third-order valence-electron chi connectivity index (χ3n) is 2.46. The molecule has 1 rings (SSSR count). The Bertz CT molecular complexity index is 551. The molecule has 0 spiro atoms. The van der Waals surface area contributed by atoms with Gasteiger partial charge in [-0.25, -0.2) is 5.43 Å². The Balaban J connectivity index is 2.64. The minimum Gasteiger partial charge on any atom is -0.493 e. The second-order valence-corrected chi connectivity index (χ2v) is 4.35. The van der Waals surface area contributed by atoms with Crippen LogP contribution in [0.4, 0.5) is 0 Å². The summed E-state index contributed by atoms with van der Waals surface area (Å²) in [5.41, 5.74) is 3.41. The van der Waals surface area contributed by atoms with E-state index in [-0.39, 0.29) is 12.5 Å². The van der Waals surface area contributed by atoms with E-state index in [0.717, 1.165) is 5.71 Å². The Morgan fingerprint density at radius 1 is 1.14 bits per heavy atom. The van der Waals surface area contributed by atoms with Gasteiger partial charge in [0.25, 0.3) is 11.8 Å². The summed E-state index contributed by atoms with van der Waals surface area (Å²) in [4.78, 5) is 23.4. The zero-order valence-electron chi connectivity index (χ0n) is 12.5. The number of hydrogen-bond donors (Lipinski definition) is 2. The molecular weight excluding hydrogens is 274 g/mol. The van der Waals surface area contributed by atoms with Gasteiger partial charge in [0.2, 0.25) is 0 Å². The molecule has 21 heavy (non-hydrogen) atoms. The third kappa shape index (κ3) is 5.13. The molecule has 0 aliphatic rings. The van der Waals surface area contributed by atoms with Gasteiger partial charge < -0.3 is 14.8 Å². The molecule has 2 N–H and O–H groups in total. The van der Waals surface area contributed by atoms with E-state index >= 15 is 0 Å². The number of hydrogen-bond acceptors (Lipinski definition) is 5. The predicted octanol–water partition coefficient (Wildman–Crippen LogP) is 0.946. The SMILES string of the molecule is COc1ccc(C(=O)NCC(=O)NN=C(C)C)cc1OC. The summed E-state index contributed by atoms with van der Waals surface area (Å²) in [6.07, 6.45) is 0. The molecule has 0 radical (unpaired) electrons. The summed E-state index contributed by atoms with van der Waals surface area (Å²) in [5.74, 6) is 0.189. The maximum Gasteiger partial charge on any atom is 0.259 e. The molecule has 0 saturated carbocycles. The molecule has 1 aromatic carbocycles. The van der Waals surface area contributed by atoms with Crippen molar-refractivity contribution in [1.29, 1.82) is 0 Å². The lowest BCUT2D eigenvalue weighted by atomic mass is 10.2. The van der Waals surface area contributed by atoms with Gasteiger partial charge in [0.1, 0.15) is 0 Å². The van der Waals surface area contributed by atoms with Crippen LogP contribution in [0.5, 0.6) is 11.5 Å². The number of amides is 2.